The molecule has 3 rings (SSSR count). The Hall–Kier alpha value is -3.06. The van der Waals surface area contributed by atoms with Crippen LogP contribution in [-0.2, 0) is 9.53 Å². The van der Waals surface area contributed by atoms with Crippen LogP contribution in [0.1, 0.15) is 37.6 Å². The van der Waals surface area contributed by atoms with Gasteiger partial charge in [-0.2, -0.15) is 0 Å². The second kappa shape index (κ2) is 9.23. The lowest BCUT2D eigenvalue weighted by Crippen LogP contribution is -2.86. The number of rotatable bonds is 8. The Bertz CT molecular complexity index is 831. The average Bonchev–Trinajstić information content (AvgIpc) is 3.23. The van der Waals surface area contributed by atoms with E-state index in [4.69, 9.17) is 9.15 Å². The molecule has 7 heteroatoms. The summed E-state index contributed by atoms with van der Waals surface area (Å²) in [5, 5.41) is 7.62. The first-order chi connectivity index (χ1) is 13.6. The smallest absolute Gasteiger partial charge is 0.338 e. The van der Waals surface area contributed by atoms with Crippen molar-refractivity contribution in [1.29, 1.82) is 0 Å². The quantitative estimate of drug-likeness (QED) is 0.605. The van der Waals surface area contributed by atoms with E-state index in [1.54, 1.807) is 13.2 Å². The number of hydrogen-bond donors (Lipinski definition) is 3. The van der Waals surface area contributed by atoms with Crippen LogP contribution in [0.25, 0.3) is 0 Å². The van der Waals surface area contributed by atoms with Gasteiger partial charge in [0.2, 0.25) is 0 Å². The topological polar surface area (TPSA) is 97.2 Å². The Morgan fingerprint density at radius 2 is 2.00 bits per heavy atom. The van der Waals surface area contributed by atoms with Gasteiger partial charge in [-0.3, -0.25) is 0 Å². The zero-order valence-electron chi connectivity index (χ0n) is 16.1. The van der Waals surface area contributed by atoms with Crippen LogP contribution >= 0.6 is 0 Å². The first-order valence-electron chi connectivity index (χ1n) is 9.53. The molecule has 1 aromatic heterocycles. The van der Waals surface area contributed by atoms with Crippen LogP contribution in [-0.4, -0.2) is 31.2 Å². The van der Waals surface area contributed by atoms with Crippen LogP contribution in [0.15, 0.2) is 64.4 Å². The molecule has 28 heavy (non-hydrogen) atoms. The first-order valence-corrected chi connectivity index (χ1v) is 9.53. The molecule has 0 spiro atoms. The van der Waals surface area contributed by atoms with Crippen molar-refractivity contribution < 1.29 is 24.1 Å². The van der Waals surface area contributed by atoms with E-state index in [2.05, 4.69) is 10.6 Å². The van der Waals surface area contributed by atoms with E-state index < -0.39 is 5.97 Å². The molecule has 0 aliphatic carbocycles. The Morgan fingerprint density at radius 3 is 2.64 bits per heavy atom. The number of quaternary nitrogens is 1. The van der Waals surface area contributed by atoms with Crippen molar-refractivity contribution in [1.82, 2.24) is 10.6 Å². The molecule has 2 amide bonds. The SMILES string of the molecule is CCOC(=O)C1=C(C[NH2+][C@H](c2ccccc2)c2ccco2)NC(=O)N[C@H]1CC. The maximum Gasteiger partial charge on any atom is 0.338 e. The number of nitrogens with two attached hydrogens (primary N) is 1. The lowest BCUT2D eigenvalue weighted by atomic mass is 9.99. The Labute approximate surface area is 164 Å². The van der Waals surface area contributed by atoms with Gasteiger partial charge >= 0.3 is 12.0 Å². The van der Waals surface area contributed by atoms with Gasteiger partial charge in [0.1, 0.15) is 6.54 Å². The van der Waals surface area contributed by atoms with Gasteiger partial charge in [-0.25, -0.2) is 9.59 Å². The standard InChI is InChI=1S/C21H25N3O4/c1-3-15-18(20(25)27-4-2)16(24-21(26)23-15)13-22-19(17-11-8-12-28-17)14-9-6-5-7-10-14/h5-12,15,19,22H,3-4,13H2,1-2H3,(H2,23,24,26)/p+1/t15-,19+/m0/s1. The van der Waals surface area contributed by atoms with Crippen molar-refractivity contribution >= 4 is 12.0 Å². The fourth-order valence-electron chi connectivity index (χ4n) is 3.40. The zero-order valence-corrected chi connectivity index (χ0v) is 16.1. The molecule has 0 saturated carbocycles. The lowest BCUT2D eigenvalue weighted by molar-refractivity contribution is -0.682. The fourth-order valence-corrected chi connectivity index (χ4v) is 3.40. The molecule has 0 bridgehead atoms. The van der Waals surface area contributed by atoms with Crippen LogP contribution in [0, 0.1) is 0 Å². The maximum absolute atomic E-state index is 12.5. The summed E-state index contributed by atoms with van der Waals surface area (Å²) < 4.78 is 10.8. The molecule has 2 heterocycles. The molecule has 0 fully saturated rings. The average molecular weight is 384 g/mol. The number of esters is 1. The highest BCUT2D eigenvalue weighted by Gasteiger charge is 2.33. The highest BCUT2D eigenvalue weighted by atomic mass is 16.5. The molecule has 1 aliphatic rings. The van der Waals surface area contributed by atoms with Crippen LogP contribution in [0.3, 0.4) is 0 Å². The summed E-state index contributed by atoms with van der Waals surface area (Å²) in [5.74, 6) is 0.399. The third kappa shape index (κ3) is 4.43. The molecule has 0 radical (unpaired) electrons. The number of carbonyl (C=O) groups excluding carboxylic acids is 2. The van der Waals surface area contributed by atoms with E-state index in [0.717, 1.165) is 11.3 Å². The Balaban J connectivity index is 1.89. The maximum atomic E-state index is 12.5. The van der Waals surface area contributed by atoms with E-state index in [0.29, 0.717) is 24.2 Å². The van der Waals surface area contributed by atoms with Crippen LogP contribution in [0.2, 0.25) is 0 Å². The summed E-state index contributed by atoms with van der Waals surface area (Å²) in [4.78, 5) is 24.6. The highest BCUT2D eigenvalue weighted by molar-refractivity contribution is 5.94. The summed E-state index contributed by atoms with van der Waals surface area (Å²) >= 11 is 0. The van der Waals surface area contributed by atoms with Gasteiger partial charge in [-0.1, -0.05) is 37.3 Å². The Kier molecular flexibility index (Phi) is 6.49. The molecular formula is C21H26N3O4+. The number of benzene rings is 1. The number of urea groups is 1. The van der Waals surface area contributed by atoms with Gasteiger partial charge in [-0.15, -0.1) is 0 Å². The van der Waals surface area contributed by atoms with Gasteiger partial charge < -0.3 is 25.1 Å². The lowest BCUT2D eigenvalue weighted by Gasteiger charge is -2.28. The van der Waals surface area contributed by atoms with Gasteiger partial charge in [0.15, 0.2) is 11.8 Å². The minimum absolute atomic E-state index is 0.0981. The third-order valence-electron chi connectivity index (χ3n) is 4.71. The summed E-state index contributed by atoms with van der Waals surface area (Å²) in [5.41, 5.74) is 2.12. The second-order valence-electron chi connectivity index (χ2n) is 6.52. The highest BCUT2D eigenvalue weighted by Crippen LogP contribution is 2.20. The number of carbonyl (C=O) groups is 2. The third-order valence-corrected chi connectivity index (χ3v) is 4.71. The van der Waals surface area contributed by atoms with Crippen molar-refractivity contribution in [3.05, 3.63) is 71.3 Å². The number of amides is 2. The molecular weight excluding hydrogens is 358 g/mol. The summed E-state index contributed by atoms with van der Waals surface area (Å²) in [6.07, 6.45) is 2.24. The fraction of sp³-hybridized carbons (Fsp3) is 0.333. The number of hydrogen-bond acceptors (Lipinski definition) is 4. The molecule has 1 aromatic carbocycles. The van der Waals surface area contributed by atoms with Crippen molar-refractivity contribution in [2.75, 3.05) is 13.2 Å². The van der Waals surface area contributed by atoms with Gasteiger partial charge in [0, 0.05) is 5.56 Å². The van der Waals surface area contributed by atoms with Crippen molar-refractivity contribution in [2.45, 2.75) is 32.4 Å². The molecule has 148 valence electrons. The van der Waals surface area contributed by atoms with Crippen LogP contribution in [0.4, 0.5) is 4.79 Å². The van der Waals surface area contributed by atoms with E-state index in [-0.39, 0.29) is 24.7 Å². The monoisotopic (exact) mass is 384 g/mol. The first kappa shape index (κ1) is 19.7. The minimum atomic E-state index is -0.403. The second-order valence-corrected chi connectivity index (χ2v) is 6.52. The summed E-state index contributed by atoms with van der Waals surface area (Å²) in [6.45, 7) is 4.37. The van der Waals surface area contributed by atoms with Crippen LogP contribution in [0.5, 0.6) is 0 Å². The summed E-state index contributed by atoms with van der Waals surface area (Å²) in [7, 11) is 0. The predicted molar refractivity (Wildman–Crippen MR) is 103 cm³/mol. The normalized spacial score (nSPS) is 17.6. The number of nitrogens with one attached hydrogen (secondary N) is 2. The molecule has 2 aromatic rings. The van der Waals surface area contributed by atoms with E-state index in [1.807, 2.05) is 54.7 Å². The van der Waals surface area contributed by atoms with E-state index in [1.165, 1.54) is 0 Å². The predicted octanol–water partition coefficient (Wildman–Crippen LogP) is 1.84. The molecule has 7 nitrogen and oxygen atoms in total. The molecule has 1 aliphatic heterocycles. The molecule has 2 atom stereocenters. The molecule has 4 N–H and O–H groups in total. The number of ether oxygens (including phenoxy) is 1. The van der Waals surface area contributed by atoms with Gasteiger partial charge in [0.05, 0.1) is 30.2 Å². The number of furan rings is 1. The Morgan fingerprint density at radius 1 is 1.21 bits per heavy atom. The summed E-state index contributed by atoms with van der Waals surface area (Å²) in [6, 6.07) is 13.0. The van der Waals surface area contributed by atoms with Crippen molar-refractivity contribution in [3.63, 3.8) is 0 Å². The van der Waals surface area contributed by atoms with Gasteiger partial charge in [-0.05, 0) is 25.5 Å². The molecule has 0 unspecified atom stereocenters. The zero-order chi connectivity index (χ0) is 19.9. The largest absolute Gasteiger partial charge is 0.463 e. The van der Waals surface area contributed by atoms with Gasteiger partial charge in [0.25, 0.3) is 0 Å². The van der Waals surface area contributed by atoms with E-state index in [9.17, 15) is 9.59 Å². The van der Waals surface area contributed by atoms with Crippen LogP contribution < -0.4 is 16.0 Å². The van der Waals surface area contributed by atoms with Crippen molar-refractivity contribution in [2.24, 2.45) is 0 Å². The van der Waals surface area contributed by atoms with Crippen molar-refractivity contribution in [3.8, 4) is 0 Å². The van der Waals surface area contributed by atoms with E-state index >= 15 is 0 Å². The minimum Gasteiger partial charge on any atom is -0.463 e. The molecule has 0 saturated heterocycles.